The maximum absolute atomic E-state index is 8.65. The molecule has 0 amide bonds. The standard InChI is InChI=1S/C15H23N3O2/c1-11(15(16)17-19)10-18(2)7-5-12-3-4-14-13(9-12)6-8-20-14/h3-4,9,11,19H,5-8,10H2,1-2H3,(H2,16,17). The Kier molecular flexibility index (Phi) is 4.84. The number of likely N-dealkylation sites (N-methyl/N-ethyl adjacent to an activating group) is 1. The second-order valence-corrected chi connectivity index (χ2v) is 5.48. The summed E-state index contributed by atoms with van der Waals surface area (Å²) in [5.74, 6) is 1.37. The zero-order valence-electron chi connectivity index (χ0n) is 12.2. The predicted octanol–water partition coefficient (Wildman–Crippen LogP) is 1.48. The smallest absolute Gasteiger partial charge is 0.143 e. The highest BCUT2D eigenvalue weighted by molar-refractivity contribution is 5.82. The molecule has 1 atom stereocenters. The van der Waals surface area contributed by atoms with Crippen LogP contribution in [0.1, 0.15) is 18.1 Å². The molecule has 0 fully saturated rings. The van der Waals surface area contributed by atoms with E-state index in [-0.39, 0.29) is 11.8 Å². The highest BCUT2D eigenvalue weighted by Gasteiger charge is 2.13. The second-order valence-electron chi connectivity index (χ2n) is 5.48. The number of hydrogen-bond acceptors (Lipinski definition) is 4. The summed E-state index contributed by atoms with van der Waals surface area (Å²) in [5, 5.41) is 11.7. The van der Waals surface area contributed by atoms with E-state index in [1.807, 2.05) is 6.92 Å². The summed E-state index contributed by atoms with van der Waals surface area (Å²) in [4.78, 5) is 2.20. The van der Waals surface area contributed by atoms with Gasteiger partial charge in [-0.05, 0) is 30.7 Å². The van der Waals surface area contributed by atoms with E-state index in [0.29, 0.717) is 0 Å². The van der Waals surface area contributed by atoms with Crippen LogP contribution in [-0.4, -0.2) is 42.7 Å². The minimum atomic E-state index is 0.0541. The van der Waals surface area contributed by atoms with Gasteiger partial charge in [-0.2, -0.15) is 0 Å². The number of benzene rings is 1. The SMILES string of the molecule is CC(CN(C)CCc1ccc2c(c1)CCO2)C(N)=NO. The first-order chi connectivity index (χ1) is 9.60. The van der Waals surface area contributed by atoms with Crippen molar-refractivity contribution < 1.29 is 9.94 Å². The number of amidine groups is 1. The van der Waals surface area contributed by atoms with Gasteiger partial charge in [-0.15, -0.1) is 0 Å². The molecule has 3 N–H and O–H groups in total. The number of oxime groups is 1. The Morgan fingerprint density at radius 3 is 3.10 bits per heavy atom. The fraction of sp³-hybridized carbons (Fsp3) is 0.533. The van der Waals surface area contributed by atoms with Crippen LogP contribution >= 0.6 is 0 Å². The molecule has 1 aromatic rings. The summed E-state index contributed by atoms with van der Waals surface area (Å²) < 4.78 is 5.51. The van der Waals surface area contributed by atoms with Crippen LogP contribution in [0.2, 0.25) is 0 Å². The van der Waals surface area contributed by atoms with Crippen molar-refractivity contribution in [3.63, 3.8) is 0 Å². The van der Waals surface area contributed by atoms with E-state index < -0.39 is 0 Å². The van der Waals surface area contributed by atoms with E-state index in [2.05, 4.69) is 35.3 Å². The van der Waals surface area contributed by atoms with Crippen LogP contribution < -0.4 is 10.5 Å². The van der Waals surface area contributed by atoms with Crippen molar-refractivity contribution in [1.29, 1.82) is 0 Å². The fourth-order valence-corrected chi connectivity index (χ4v) is 2.47. The van der Waals surface area contributed by atoms with E-state index in [1.165, 1.54) is 11.1 Å². The van der Waals surface area contributed by atoms with Crippen LogP contribution in [0.25, 0.3) is 0 Å². The van der Waals surface area contributed by atoms with Gasteiger partial charge in [-0.25, -0.2) is 0 Å². The minimum absolute atomic E-state index is 0.0541. The van der Waals surface area contributed by atoms with Crippen LogP contribution in [0.5, 0.6) is 5.75 Å². The molecule has 0 aliphatic carbocycles. The molecule has 5 heteroatoms. The van der Waals surface area contributed by atoms with Gasteiger partial charge in [-0.1, -0.05) is 24.2 Å². The Bertz CT molecular complexity index is 488. The minimum Gasteiger partial charge on any atom is -0.493 e. The van der Waals surface area contributed by atoms with Crippen molar-refractivity contribution in [1.82, 2.24) is 4.90 Å². The van der Waals surface area contributed by atoms with Gasteiger partial charge < -0.3 is 20.6 Å². The van der Waals surface area contributed by atoms with Crippen molar-refractivity contribution in [2.45, 2.75) is 19.8 Å². The van der Waals surface area contributed by atoms with Gasteiger partial charge in [0.2, 0.25) is 0 Å². The van der Waals surface area contributed by atoms with Gasteiger partial charge in [-0.3, -0.25) is 0 Å². The maximum Gasteiger partial charge on any atom is 0.143 e. The van der Waals surface area contributed by atoms with Gasteiger partial charge >= 0.3 is 0 Å². The molecule has 0 aromatic heterocycles. The van der Waals surface area contributed by atoms with Gasteiger partial charge in [0.25, 0.3) is 0 Å². The Morgan fingerprint density at radius 1 is 1.55 bits per heavy atom. The third-order valence-electron chi connectivity index (χ3n) is 3.74. The van der Waals surface area contributed by atoms with Crippen LogP contribution in [0.3, 0.4) is 0 Å². The zero-order chi connectivity index (χ0) is 14.5. The zero-order valence-corrected chi connectivity index (χ0v) is 12.2. The number of nitrogens with two attached hydrogens (primary N) is 1. The van der Waals surface area contributed by atoms with Crippen molar-refractivity contribution in [2.24, 2.45) is 16.8 Å². The molecule has 110 valence electrons. The average molecular weight is 277 g/mol. The van der Waals surface area contributed by atoms with Crippen molar-refractivity contribution in [2.75, 3.05) is 26.7 Å². The van der Waals surface area contributed by atoms with E-state index in [0.717, 1.165) is 38.3 Å². The first-order valence-corrected chi connectivity index (χ1v) is 7.00. The normalized spacial score (nSPS) is 16.1. The summed E-state index contributed by atoms with van der Waals surface area (Å²) >= 11 is 0. The Morgan fingerprint density at radius 2 is 2.35 bits per heavy atom. The number of ether oxygens (including phenoxy) is 1. The lowest BCUT2D eigenvalue weighted by molar-refractivity contribution is 0.296. The second kappa shape index (κ2) is 6.61. The molecule has 0 radical (unpaired) electrons. The molecule has 0 bridgehead atoms. The summed E-state index contributed by atoms with van der Waals surface area (Å²) in [6.45, 7) is 4.49. The first kappa shape index (κ1) is 14.7. The monoisotopic (exact) mass is 277 g/mol. The van der Waals surface area contributed by atoms with Gasteiger partial charge in [0.15, 0.2) is 0 Å². The van der Waals surface area contributed by atoms with E-state index in [9.17, 15) is 0 Å². The summed E-state index contributed by atoms with van der Waals surface area (Å²) in [6, 6.07) is 6.44. The first-order valence-electron chi connectivity index (χ1n) is 7.00. The number of fused-ring (bicyclic) bond motifs is 1. The molecule has 2 rings (SSSR count). The van der Waals surface area contributed by atoms with Crippen LogP contribution in [0, 0.1) is 5.92 Å². The van der Waals surface area contributed by atoms with Crippen molar-refractivity contribution >= 4 is 5.84 Å². The van der Waals surface area contributed by atoms with Crippen LogP contribution in [-0.2, 0) is 12.8 Å². The number of hydrogen-bond donors (Lipinski definition) is 2. The highest BCUT2D eigenvalue weighted by Crippen LogP contribution is 2.26. The quantitative estimate of drug-likeness (QED) is 0.357. The largest absolute Gasteiger partial charge is 0.493 e. The van der Waals surface area contributed by atoms with Gasteiger partial charge in [0.05, 0.1) is 6.61 Å². The molecule has 0 saturated heterocycles. The van der Waals surface area contributed by atoms with Crippen LogP contribution in [0.4, 0.5) is 0 Å². The molecular weight excluding hydrogens is 254 g/mol. The Labute approximate surface area is 120 Å². The fourth-order valence-electron chi connectivity index (χ4n) is 2.47. The average Bonchev–Trinajstić information content (AvgIpc) is 2.91. The molecule has 20 heavy (non-hydrogen) atoms. The molecule has 1 aromatic carbocycles. The topological polar surface area (TPSA) is 71.1 Å². The molecule has 1 heterocycles. The lowest BCUT2D eigenvalue weighted by Crippen LogP contribution is -2.33. The van der Waals surface area contributed by atoms with E-state index in [1.54, 1.807) is 0 Å². The van der Waals surface area contributed by atoms with Crippen LogP contribution in [0.15, 0.2) is 23.4 Å². The Hall–Kier alpha value is -1.75. The summed E-state index contributed by atoms with van der Waals surface area (Å²) in [5.41, 5.74) is 8.24. The van der Waals surface area contributed by atoms with E-state index in [4.69, 9.17) is 15.7 Å². The molecule has 1 aliphatic heterocycles. The lowest BCUT2D eigenvalue weighted by Gasteiger charge is -2.20. The number of rotatable bonds is 6. The third kappa shape index (κ3) is 3.63. The highest BCUT2D eigenvalue weighted by atomic mass is 16.5. The predicted molar refractivity (Wildman–Crippen MR) is 79.4 cm³/mol. The summed E-state index contributed by atoms with van der Waals surface area (Å²) in [7, 11) is 2.05. The molecule has 0 spiro atoms. The molecular formula is C15H23N3O2. The van der Waals surface area contributed by atoms with E-state index >= 15 is 0 Å². The molecule has 0 saturated carbocycles. The maximum atomic E-state index is 8.65. The Balaban J connectivity index is 1.83. The van der Waals surface area contributed by atoms with Gasteiger partial charge in [0.1, 0.15) is 11.6 Å². The van der Waals surface area contributed by atoms with Crippen molar-refractivity contribution in [3.05, 3.63) is 29.3 Å². The molecule has 5 nitrogen and oxygen atoms in total. The molecule has 1 unspecified atom stereocenters. The number of nitrogens with zero attached hydrogens (tertiary/aromatic N) is 2. The molecule has 1 aliphatic rings. The van der Waals surface area contributed by atoms with Crippen molar-refractivity contribution in [3.8, 4) is 5.75 Å². The third-order valence-corrected chi connectivity index (χ3v) is 3.74. The van der Waals surface area contributed by atoms with Gasteiger partial charge in [0, 0.05) is 25.4 Å². The lowest BCUT2D eigenvalue weighted by atomic mass is 10.1. The summed E-state index contributed by atoms with van der Waals surface area (Å²) in [6.07, 6.45) is 2.01.